The maximum Gasteiger partial charge on any atom is 0.343 e. The van der Waals surface area contributed by atoms with Gasteiger partial charge in [-0.2, -0.15) is 0 Å². The molecule has 3 aromatic rings. The number of allylic oxidation sites excluding steroid dienone is 1. The molecule has 5 rings (SSSR count). The summed E-state index contributed by atoms with van der Waals surface area (Å²) in [4.78, 5) is 29.4. The van der Waals surface area contributed by atoms with Crippen LogP contribution in [0.25, 0.3) is 6.08 Å². The molecule has 2 aromatic carbocycles. The second-order valence-electron chi connectivity index (χ2n) is 6.72. The Balaban J connectivity index is 1.41. The van der Waals surface area contributed by atoms with Gasteiger partial charge in [0.1, 0.15) is 11.5 Å². The van der Waals surface area contributed by atoms with Gasteiger partial charge in [-0.3, -0.25) is 9.78 Å². The minimum Gasteiger partial charge on any atom is -0.454 e. The van der Waals surface area contributed by atoms with Crippen molar-refractivity contribution in [3.63, 3.8) is 0 Å². The van der Waals surface area contributed by atoms with Crippen LogP contribution in [0.2, 0.25) is 0 Å². The molecule has 0 spiro atoms. The van der Waals surface area contributed by atoms with E-state index in [9.17, 15) is 9.59 Å². The lowest BCUT2D eigenvalue weighted by Gasteiger charge is -2.10. The highest BCUT2D eigenvalue weighted by molar-refractivity contribution is 6.15. The zero-order valence-electron chi connectivity index (χ0n) is 15.9. The monoisotopic (exact) mass is 401 g/mol. The van der Waals surface area contributed by atoms with Gasteiger partial charge in [-0.15, -0.1) is 0 Å². The Morgan fingerprint density at radius 1 is 1.10 bits per heavy atom. The van der Waals surface area contributed by atoms with Crippen molar-refractivity contribution < 1.29 is 28.5 Å². The van der Waals surface area contributed by atoms with E-state index >= 15 is 0 Å². The second kappa shape index (κ2) is 7.04. The molecule has 148 valence electrons. The molecule has 0 radical (unpaired) electrons. The fourth-order valence-electron chi connectivity index (χ4n) is 3.26. The van der Waals surface area contributed by atoms with Gasteiger partial charge < -0.3 is 18.9 Å². The summed E-state index contributed by atoms with van der Waals surface area (Å²) >= 11 is 0. The lowest BCUT2D eigenvalue weighted by molar-refractivity contribution is 0.0732. The Hall–Kier alpha value is -4.13. The molecule has 0 saturated carbocycles. The highest BCUT2D eigenvalue weighted by atomic mass is 16.7. The van der Waals surface area contributed by atoms with Crippen molar-refractivity contribution in [2.45, 2.75) is 6.92 Å². The van der Waals surface area contributed by atoms with Crippen LogP contribution < -0.4 is 18.9 Å². The first-order valence-electron chi connectivity index (χ1n) is 9.21. The maximum absolute atomic E-state index is 12.7. The lowest BCUT2D eigenvalue weighted by atomic mass is 10.1. The number of benzene rings is 2. The van der Waals surface area contributed by atoms with E-state index in [1.807, 2.05) is 6.07 Å². The molecule has 0 fully saturated rings. The van der Waals surface area contributed by atoms with Gasteiger partial charge in [0.05, 0.1) is 16.8 Å². The van der Waals surface area contributed by atoms with Crippen molar-refractivity contribution >= 4 is 17.8 Å². The number of aromatic nitrogens is 1. The fraction of sp³-hybridized carbons (Fsp3) is 0.0870. The molecule has 0 unspecified atom stereocenters. The molecule has 2 aliphatic rings. The Morgan fingerprint density at radius 2 is 1.97 bits per heavy atom. The first kappa shape index (κ1) is 17.9. The van der Waals surface area contributed by atoms with Crippen LogP contribution in [-0.4, -0.2) is 23.5 Å². The number of rotatable bonds is 3. The zero-order valence-corrected chi connectivity index (χ0v) is 15.9. The number of Topliss-reactive ketones (excluding diaryl/α,β-unsaturated/α-hetero) is 1. The number of nitrogens with zero attached hydrogens (tertiary/aromatic N) is 1. The van der Waals surface area contributed by atoms with Gasteiger partial charge >= 0.3 is 5.97 Å². The molecule has 1 aromatic heterocycles. The zero-order chi connectivity index (χ0) is 20.7. The van der Waals surface area contributed by atoms with Crippen LogP contribution in [0.3, 0.4) is 0 Å². The Bertz CT molecular complexity index is 1220. The van der Waals surface area contributed by atoms with Gasteiger partial charge in [-0.1, -0.05) is 6.07 Å². The number of hydrogen-bond donors (Lipinski definition) is 0. The summed E-state index contributed by atoms with van der Waals surface area (Å²) in [6.07, 6.45) is 3.22. The number of ether oxygens (including phenoxy) is 4. The molecule has 2 aliphatic heterocycles. The van der Waals surface area contributed by atoms with Crippen molar-refractivity contribution in [3.8, 4) is 23.0 Å². The third kappa shape index (κ3) is 3.06. The number of ketones is 1. The molecule has 0 amide bonds. The van der Waals surface area contributed by atoms with Crippen LogP contribution in [0.1, 0.15) is 32.0 Å². The van der Waals surface area contributed by atoms with Crippen LogP contribution >= 0.6 is 0 Å². The molecule has 7 heteroatoms. The first-order chi connectivity index (χ1) is 14.6. The smallest absolute Gasteiger partial charge is 0.343 e. The Morgan fingerprint density at radius 3 is 2.80 bits per heavy atom. The number of fused-ring (bicyclic) bond motifs is 2. The van der Waals surface area contributed by atoms with E-state index in [-0.39, 0.29) is 18.3 Å². The van der Waals surface area contributed by atoms with Crippen LogP contribution in [0.5, 0.6) is 23.0 Å². The first-order valence-corrected chi connectivity index (χ1v) is 9.21. The minimum absolute atomic E-state index is 0.123. The van der Waals surface area contributed by atoms with Crippen molar-refractivity contribution in [1.29, 1.82) is 0 Å². The predicted molar refractivity (Wildman–Crippen MR) is 106 cm³/mol. The minimum atomic E-state index is -0.551. The van der Waals surface area contributed by atoms with E-state index in [4.69, 9.17) is 18.9 Å². The van der Waals surface area contributed by atoms with E-state index in [0.29, 0.717) is 45.4 Å². The summed E-state index contributed by atoms with van der Waals surface area (Å²) in [6, 6.07) is 13.4. The van der Waals surface area contributed by atoms with Crippen LogP contribution in [0.4, 0.5) is 0 Å². The van der Waals surface area contributed by atoms with E-state index in [2.05, 4.69) is 4.98 Å². The lowest BCUT2D eigenvalue weighted by Crippen LogP contribution is -2.09. The summed E-state index contributed by atoms with van der Waals surface area (Å²) < 4.78 is 21.9. The topological polar surface area (TPSA) is 84.0 Å². The quantitative estimate of drug-likeness (QED) is 0.373. The van der Waals surface area contributed by atoms with E-state index < -0.39 is 5.97 Å². The largest absolute Gasteiger partial charge is 0.454 e. The third-order valence-electron chi connectivity index (χ3n) is 4.81. The van der Waals surface area contributed by atoms with Crippen LogP contribution in [-0.2, 0) is 0 Å². The van der Waals surface area contributed by atoms with Gasteiger partial charge in [-0.05, 0) is 49.4 Å². The van der Waals surface area contributed by atoms with E-state index in [1.165, 1.54) is 0 Å². The second-order valence-corrected chi connectivity index (χ2v) is 6.72. The molecule has 30 heavy (non-hydrogen) atoms. The predicted octanol–water partition coefficient (Wildman–Crippen LogP) is 3.95. The molecule has 7 nitrogen and oxygen atoms in total. The van der Waals surface area contributed by atoms with E-state index in [1.54, 1.807) is 61.7 Å². The summed E-state index contributed by atoms with van der Waals surface area (Å²) in [6.45, 7) is 1.86. The highest BCUT2D eigenvalue weighted by Crippen LogP contribution is 2.39. The van der Waals surface area contributed by atoms with E-state index in [0.717, 1.165) is 0 Å². The van der Waals surface area contributed by atoms with Gasteiger partial charge in [-0.25, -0.2) is 4.79 Å². The maximum atomic E-state index is 12.7. The van der Waals surface area contributed by atoms with Gasteiger partial charge in [0, 0.05) is 17.8 Å². The number of pyridine rings is 1. The summed E-state index contributed by atoms with van der Waals surface area (Å²) in [7, 11) is 0. The van der Waals surface area contributed by atoms with Gasteiger partial charge in [0.25, 0.3) is 0 Å². The number of carbonyl (C=O) groups is 2. The van der Waals surface area contributed by atoms with Crippen LogP contribution in [0, 0.1) is 6.92 Å². The molecule has 3 heterocycles. The normalized spacial score (nSPS) is 15.1. The molecule has 0 atom stereocenters. The number of esters is 1. The third-order valence-corrected chi connectivity index (χ3v) is 4.81. The van der Waals surface area contributed by atoms with Crippen molar-refractivity contribution in [3.05, 3.63) is 82.9 Å². The highest BCUT2D eigenvalue weighted by Gasteiger charge is 2.31. The average molecular weight is 401 g/mol. The van der Waals surface area contributed by atoms with Crippen molar-refractivity contribution in [1.82, 2.24) is 4.98 Å². The fourth-order valence-corrected chi connectivity index (χ4v) is 3.26. The summed E-state index contributed by atoms with van der Waals surface area (Å²) in [5.74, 6) is 1.14. The van der Waals surface area contributed by atoms with Gasteiger partial charge in [0.15, 0.2) is 17.3 Å². The molecule has 0 N–H and O–H groups in total. The average Bonchev–Trinajstić information content (AvgIpc) is 3.35. The van der Waals surface area contributed by atoms with Crippen LogP contribution in [0.15, 0.2) is 60.5 Å². The Kier molecular flexibility index (Phi) is 4.21. The SMILES string of the molecule is Cc1c(OC(=O)c2ccc3c(c2)OCO3)ccc2c1O/C(=C\c1ccccn1)C2=O. The van der Waals surface area contributed by atoms with Crippen molar-refractivity contribution in [2.75, 3.05) is 6.79 Å². The molecule has 0 saturated heterocycles. The van der Waals surface area contributed by atoms with Gasteiger partial charge in [0.2, 0.25) is 12.6 Å². The molecule has 0 bridgehead atoms. The molecule has 0 aliphatic carbocycles. The summed E-state index contributed by atoms with van der Waals surface area (Å²) in [5.41, 5.74) is 1.91. The molecular formula is C23H15NO6. The molecular weight excluding hydrogens is 386 g/mol. The standard InChI is InChI=1S/C23H15NO6/c1-13-17(30-23(26)14-5-7-18-19(10-14)28-12-27-18)8-6-16-21(25)20(29-22(13)16)11-15-4-2-3-9-24-15/h2-11H,12H2,1H3/b20-11-. The summed E-state index contributed by atoms with van der Waals surface area (Å²) in [5, 5.41) is 0. The Labute approximate surface area is 171 Å². The van der Waals surface area contributed by atoms with Crippen molar-refractivity contribution in [2.24, 2.45) is 0 Å². The number of carbonyl (C=O) groups excluding carboxylic acids is 2. The number of hydrogen-bond acceptors (Lipinski definition) is 7.